The Morgan fingerprint density at radius 2 is 0.595 bits per heavy atom. The highest BCUT2D eigenvalue weighted by molar-refractivity contribution is 5.76. The summed E-state index contributed by atoms with van der Waals surface area (Å²) < 4.78 is 5.48. The largest absolute Gasteiger partial charge is 0.466 e. The van der Waals surface area contributed by atoms with Gasteiger partial charge in [-0.15, -0.1) is 0 Å². The van der Waals surface area contributed by atoms with Crippen molar-refractivity contribution in [3.05, 3.63) is 60.8 Å². The van der Waals surface area contributed by atoms with Crippen LogP contribution in [0, 0.1) is 0 Å². The fraction of sp³-hybridized carbons (Fsp3) is 0.846. The van der Waals surface area contributed by atoms with Crippen molar-refractivity contribution >= 4 is 11.9 Å². The van der Waals surface area contributed by atoms with Crippen LogP contribution in [-0.4, -0.2) is 47.4 Å². The number of carbonyl (C=O) groups is 2. The molecule has 0 bridgehead atoms. The van der Waals surface area contributed by atoms with Gasteiger partial charge >= 0.3 is 5.97 Å². The van der Waals surface area contributed by atoms with Crippen molar-refractivity contribution in [2.45, 2.75) is 411 Å². The second-order valence-electron chi connectivity index (χ2n) is 25.6. The second-order valence-corrected chi connectivity index (χ2v) is 25.6. The predicted octanol–water partition coefficient (Wildman–Crippen LogP) is 24.6. The molecule has 0 fully saturated rings. The monoisotopic (exact) mass is 1180 g/mol. The van der Waals surface area contributed by atoms with Gasteiger partial charge in [0.2, 0.25) is 5.91 Å². The molecular weight excluding hydrogens is 1030 g/mol. The van der Waals surface area contributed by atoms with Gasteiger partial charge in [-0.1, -0.05) is 351 Å². The molecule has 0 aromatic rings. The fourth-order valence-corrected chi connectivity index (χ4v) is 11.5. The molecule has 0 heterocycles. The quantitative estimate of drug-likeness (QED) is 0.0320. The molecule has 3 N–H and O–H groups in total. The maximum Gasteiger partial charge on any atom is 0.305 e. The molecule has 0 aliphatic rings. The lowest BCUT2D eigenvalue weighted by atomic mass is 10.0. The molecule has 0 rings (SSSR count). The van der Waals surface area contributed by atoms with Gasteiger partial charge in [-0.05, 0) is 96.3 Å². The van der Waals surface area contributed by atoms with Gasteiger partial charge < -0.3 is 20.3 Å². The zero-order valence-electron chi connectivity index (χ0n) is 56.4. The van der Waals surface area contributed by atoms with Crippen molar-refractivity contribution in [1.82, 2.24) is 5.32 Å². The number of aliphatic hydroxyl groups is 2. The van der Waals surface area contributed by atoms with E-state index >= 15 is 0 Å². The van der Waals surface area contributed by atoms with Crippen LogP contribution in [0.5, 0.6) is 0 Å². The number of hydrogen-bond acceptors (Lipinski definition) is 5. The summed E-state index contributed by atoms with van der Waals surface area (Å²) in [5.41, 5.74) is 0. The number of allylic oxidation sites excluding steroid dienone is 9. The van der Waals surface area contributed by atoms with Crippen molar-refractivity contribution in [2.75, 3.05) is 13.2 Å². The third-order valence-corrected chi connectivity index (χ3v) is 17.3. The predicted molar refractivity (Wildman–Crippen MR) is 370 cm³/mol. The third kappa shape index (κ3) is 68.7. The average molecular weight is 1180 g/mol. The molecule has 492 valence electrons. The number of unbranched alkanes of at least 4 members (excludes halogenated alkanes) is 51. The number of ether oxygens (including phenoxy) is 1. The Kier molecular flexibility index (Phi) is 70.9. The molecule has 0 spiro atoms. The molecule has 6 heteroatoms. The van der Waals surface area contributed by atoms with Gasteiger partial charge in [0.25, 0.3) is 0 Å². The van der Waals surface area contributed by atoms with Crippen molar-refractivity contribution in [2.24, 2.45) is 0 Å². The Labute approximate surface area is 524 Å². The molecule has 84 heavy (non-hydrogen) atoms. The molecule has 0 aromatic heterocycles. The Balaban J connectivity index is 3.41. The van der Waals surface area contributed by atoms with Crippen molar-refractivity contribution in [1.29, 1.82) is 0 Å². The van der Waals surface area contributed by atoms with Crippen LogP contribution >= 0.6 is 0 Å². The van der Waals surface area contributed by atoms with Crippen LogP contribution in [0.3, 0.4) is 0 Å². The summed E-state index contributed by atoms with van der Waals surface area (Å²) in [5.74, 6) is -0.0633. The zero-order valence-corrected chi connectivity index (χ0v) is 56.4. The lowest BCUT2D eigenvalue weighted by Crippen LogP contribution is -2.45. The molecule has 0 saturated carbocycles. The molecule has 0 aliphatic carbocycles. The summed E-state index contributed by atoms with van der Waals surface area (Å²) in [6.07, 6.45) is 97.5. The van der Waals surface area contributed by atoms with Crippen LogP contribution in [0.4, 0.5) is 0 Å². The van der Waals surface area contributed by atoms with Gasteiger partial charge in [-0.3, -0.25) is 9.59 Å². The molecule has 2 atom stereocenters. The highest BCUT2D eigenvalue weighted by Crippen LogP contribution is 2.18. The van der Waals surface area contributed by atoms with E-state index in [0.29, 0.717) is 19.4 Å². The van der Waals surface area contributed by atoms with E-state index in [2.05, 4.69) is 67.8 Å². The van der Waals surface area contributed by atoms with Crippen molar-refractivity contribution in [3.63, 3.8) is 0 Å². The summed E-state index contributed by atoms with van der Waals surface area (Å²) >= 11 is 0. The third-order valence-electron chi connectivity index (χ3n) is 17.3. The molecule has 6 nitrogen and oxygen atoms in total. The van der Waals surface area contributed by atoms with Gasteiger partial charge in [0.05, 0.1) is 25.4 Å². The normalized spacial score (nSPS) is 12.9. The van der Waals surface area contributed by atoms with E-state index < -0.39 is 12.1 Å². The highest BCUT2D eigenvalue weighted by Gasteiger charge is 2.18. The van der Waals surface area contributed by atoms with Crippen LogP contribution in [-0.2, 0) is 14.3 Å². The summed E-state index contributed by atoms with van der Waals surface area (Å²) in [6.45, 7) is 4.90. The summed E-state index contributed by atoms with van der Waals surface area (Å²) in [7, 11) is 0. The molecule has 0 saturated heterocycles. The minimum absolute atomic E-state index is 0.000129. The Morgan fingerprint density at radius 1 is 0.333 bits per heavy atom. The van der Waals surface area contributed by atoms with Crippen LogP contribution in [0.15, 0.2) is 60.8 Å². The lowest BCUT2D eigenvalue weighted by molar-refractivity contribution is -0.143. The molecule has 1 amide bonds. The van der Waals surface area contributed by atoms with Crippen LogP contribution in [0.1, 0.15) is 399 Å². The van der Waals surface area contributed by atoms with E-state index in [-0.39, 0.29) is 18.5 Å². The summed E-state index contributed by atoms with van der Waals surface area (Å²) in [6, 6.07) is -0.628. The van der Waals surface area contributed by atoms with Crippen molar-refractivity contribution in [3.8, 4) is 0 Å². The minimum atomic E-state index is -0.845. The smallest absolute Gasteiger partial charge is 0.305 e. The first kappa shape index (κ1) is 81.6. The number of carbonyl (C=O) groups excluding carboxylic acids is 2. The van der Waals surface area contributed by atoms with E-state index in [4.69, 9.17) is 4.74 Å². The van der Waals surface area contributed by atoms with E-state index in [1.807, 2.05) is 6.08 Å². The fourth-order valence-electron chi connectivity index (χ4n) is 11.5. The van der Waals surface area contributed by atoms with Gasteiger partial charge in [0.15, 0.2) is 0 Å². The second kappa shape index (κ2) is 73.0. The van der Waals surface area contributed by atoms with E-state index in [1.54, 1.807) is 6.08 Å². The first-order valence-corrected chi connectivity index (χ1v) is 37.6. The number of amides is 1. The van der Waals surface area contributed by atoms with Gasteiger partial charge in [-0.25, -0.2) is 0 Å². The molecule has 0 aliphatic heterocycles. The molecule has 2 unspecified atom stereocenters. The maximum absolute atomic E-state index is 12.5. The Morgan fingerprint density at radius 3 is 0.929 bits per heavy atom. The van der Waals surface area contributed by atoms with E-state index in [1.165, 1.54) is 315 Å². The first-order chi connectivity index (χ1) is 41.5. The zero-order chi connectivity index (χ0) is 60.6. The van der Waals surface area contributed by atoms with Crippen molar-refractivity contribution < 1.29 is 24.5 Å². The SMILES string of the molecule is CCCCC/C=C\C/C=C\CCCCCCCC(=O)OCCCCCCCCCCC/C=C\C/C=C\CCCCCCCCCCCCCCCCCCCC(=O)NC(CO)C(O)/C=C/CCCCCCCCCCCCCCCCCCC. The van der Waals surface area contributed by atoms with Gasteiger partial charge in [0, 0.05) is 12.8 Å². The highest BCUT2D eigenvalue weighted by atomic mass is 16.5. The van der Waals surface area contributed by atoms with Crippen LogP contribution in [0.2, 0.25) is 0 Å². The Bertz CT molecular complexity index is 1450. The summed E-state index contributed by atoms with van der Waals surface area (Å²) in [4.78, 5) is 24.6. The number of rotatable bonds is 70. The van der Waals surface area contributed by atoms with Crippen LogP contribution in [0.25, 0.3) is 0 Å². The maximum atomic E-state index is 12.5. The molecular formula is C78H145NO5. The topological polar surface area (TPSA) is 95.9 Å². The number of esters is 1. The number of nitrogens with one attached hydrogen (secondary N) is 1. The van der Waals surface area contributed by atoms with E-state index in [0.717, 1.165) is 57.8 Å². The Hall–Kier alpha value is -2.44. The molecule has 0 aromatic carbocycles. The van der Waals surface area contributed by atoms with E-state index in [9.17, 15) is 19.8 Å². The first-order valence-electron chi connectivity index (χ1n) is 37.6. The number of aliphatic hydroxyl groups excluding tert-OH is 2. The standard InChI is InChI=1S/C78H145NO5/c1-3-5-7-9-11-13-15-17-19-20-36-39-43-46-50-54-58-62-66-70-76(81)75(74-80)79-77(82)71-67-63-59-55-51-47-44-40-37-34-32-30-28-26-24-22-21-23-25-27-29-31-33-35-38-41-45-49-53-57-61-65-69-73-84-78(83)72-68-64-60-56-52-48-42-18-16-14-12-10-8-6-4-2/h12,14,18,25,27,31,33,42,66,70,75-76,80-81H,3-11,13,15-17,19-24,26,28-30,32,34-41,43-65,67-69,71-74H2,1-2H3,(H,79,82)/b14-12-,27-25-,33-31-,42-18-,70-66+. The van der Waals surface area contributed by atoms with Crippen LogP contribution < -0.4 is 5.32 Å². The molecule has 0 radical (unpaired) electrons. The number of hydrogen-bond donors (Lipinski definition) is 3. The lowest BCUT2D eigenvalue weighted by Gasteiger charge is -2.20. The van der Waals surface area contributed by atoms with Gasteiger partial charge in [-0.2, -0.15) is 0 Å². The van der Waals surface area contributed by atoms with Gasteiger partial charge in [0.1, 0.15) is 0 Å². The minimum Gasteiger partial charge on any atom is -0.466 e. The average Bonchev–Trinajstić information content (AvgIpc) is 3.51. The summed E-state index contributed by atoms with van der Waals surface area (Å²) in [5, 5.41) is 23.2.